The molecule has 0 N–H and O–H groups in total. The van der Waals surface area contributed by atoms with Crippen LogP contribution < -0.4 is 0 Å². The molecule has 2 aromatic heterocycles. The van der Waals surface area contributed by atoms with Crippen molar-refractivity contribution >= 4 is 5.91 Å². The Kier molecular flexibility index (Phi) is 4.34. The van der Waals surface area contributed by atoms with Gasteiger partial charge in [-0.3, -0.25) is 9.48 Å². The average Bonchev–Trinajstić information content (AvgIpc) is 3.37. The number of nitriles is 1. The van der Waals surface area contributed by atoms with Crippen LogP contribution in [-0.4, -0.2) is 35.4 Å². The van der Waals surface area contributed by atoms with Gasteiger partial charge in [-0.2, -0.15) is 23.5 Å². The third-order valence-electron chi connectivity index (χ3n) is 4.62. The summed E-state index contributed by atoms with van der Waals surface area (Å²) >= 11 is 0. The van der Waals surface area contributed by atoms with Crippen molar-refractivity contribution in [3.63, 3.8) is 0 Å². The van der Waals surface area contributed by atoms with Crippen molar-refractivity contribution in [1.82, 2.24) is 29.4 Å². The summed E-state index contributed by atoms with van der Waals surface area (Å²) in [4.78, 5) is 17.8. The minimum atomic E-state index is -4.56. The van der Waals surface area contributed by atoms with E-state index in [1.165, 1.54) is 24.3 Å². The lowest BCUT2D eigenvalue weighted by Gasteiger charge is -2.14. The molecule has 29 heavy (non-hydrogen) atoms. The number of halogens is 3. The van der Waals surface area contributed by atoms with Gasteiger partial charge in [0.2, 0.25) is 5.91 Å². The van der Waals surface area contributed by atoms with Crippen molar-refractivity contribution in [2.24, 2.45) is 7.05 Å². The Morgan fingerprint density at radius 1 is 1.24 bits per heavy atom. The second-order valence-corrected chi connectivity index (χ2v) is 6.67. The van der Waals surface area contributed by atoms with Crippen LogP contribution in [0.2, 0.25) is 0 Å². The Bertz CT molecular complexity index is 1140. The van der Waals surface area contributed by atoms with Crippen LogP contribution in [0.3, 0.4) is 0 Å². The van der Waals surface area contributed by atoms with E-state index >= 15 is 0 Å². The highest BCUT2D eigenvalue weighted by molar-refractivity contribution is 5.77. The fourth-order valence-corrected chi connectivity index (χ4v) is 3.31. The van der Waals surface area contributed by atoms with Gasteiger partial charge in [0.25, 0.3) is 5.82 Å². The summed E-state index contributed by atoms with van der Waals surface area (Å²) in [7, 11) is 1.44. The highest BCUT2D eigenvalue weighted by atomic mass is 19.4. The zero-order chi connectivity index (χ0) is 20.8. The highest BCUT2D eigenvalue weighted by Crippen LogP contribution is 2.37. The number of benzene rings is 1. The first kappa shape index (κ1) is 18.7. The van der Waals surface area contributed by atoms with Gasteiger partial charge in [0.05, 0.1) is 0 Å². The molecular weight excluding hydrogens is 387 g/mol. The molecule has 0 spiro atoms. The molecule has 11 heteroatoms. The molecule has 4 rings (SSSR count). The number of hydrogen-bond donors (Lipinski definition) is 0. The van der Waals surface area contributed by atoms with E-state index in [1.807, 2.05) is 0 Å². The van der Waals surface area contributed by atoms with Crippen LogP contribution in [-0.2, 0) is 37.7 Å². The van der Waals surface area contributed by atoms with Crippen molar-refractivity contribution in [2.45, 2.75) is 25.8 Å². The van der Waals surface area contributed by atoms with Gasteiger partial charge in [-0.25, -0.2) is 9.67 Å². The monoisotopic (exact) mass is 401 g/mol. The van der Waals surface area contributed by atoms with Crippen molar-refractivity contribution in [3.8, 4) is 17.2 Å². The maximum absolute atomic E-state index is 13.3. The minimum absolute atomic E-state index is 0.000718. The lowest BCUT2D eigenvalue weighted by molar-refractivity contribution is -0.141. The topological polar surface area (TPSA) is 92.6 Å². The molecule has 3 heterocycles. The molecule has 8 nitrogen and oxygen atoms in total. The van der Waals surface area contributed by atoms with E-state index in [2.05, 4.69) is 15.2 Å². The number of carbonyl (C=O) groups is 1. The fraction of sp³-hybridized carbons (Fsp3) is 0.278. The standard InChI is InChI=1S/C18H14F3N7O/c1-26-8-14(17(25-26)18(19,20)21)11-2-3-12-6-27(7-13(12)4-11)16(29)9-28-10-23-15(5-22)24-28/h2-4,8,10H,6-7,9H2,1H3. The summed E-state index contributed by atoms with van der Waals surface area (Å²) in [6.07, 6.45) is -1.92. The SMILES string of the molecule is Cn1cc(-c2ccc3c(c2)CN(C(=O)Cn2cnc(C#N)n2)C3)c(C(F)(F)F)n1. The van der Waals surface area contributed by atoms with Gasteiger partial charge in [-0.05, 0) is 22.8 Å². The van der Waals surface area contributed by atoms with E-state index in [-0.39, 0.29) is 30.4 Å². The van der Waals surface area contributed by atoms with E-state index in [0.717, 1.165) is 15.8 Å². The van der Waals surface area contributed by atoms with Crippen molar-refractivity contribution in [3.05, 3.63) is 53.4 Å². The average molecular weight is 401 g/mol. The van der Waals surface area contributed by atoms with E-state index in [9.17, 15) is 18.0 Å². The number of nitrogens with zero attached hydrogens (tertiary/aromatic N) is 7. The van der Waals surface area contributed by atoms with Crippen LogP contribution in [0.4, 0.5) is 13.2 Å². The van der Waals surface area contributed by atoms with Gasteiger partial charge >= 0.3 is 6.18 Å². The molecule has 0 unspecified atom stereocenters. The van der Waals surface area contributed by atoms with E-state index in [1.54, 1.807) is 29.2 Å². The summed E-state index contributed by atoms with van der Waals surface area (Å²) < 4.78 is 42.2. The van der Waals surface area contributed by atoms with Crippen LogP contribution in [0.15, 0.2) is 30.7 Å². The Balaban J connectivity index is 1.55. The van der Waals surface area contributed by atoms with Crippen molar-refractivity contribution < 1.29 is 18.0 Å². The fourth-order valence-electron chi connectivity index (χ4n) is 3.31. The van der Waals surface area contributed by atoms with Gasteiger partial charge in [0, 0.05) is 31.9 Å². The molecule has 1 amide bonds. The zero-order valence-corrected chi connectivity index (χ0v) is 15.2. The van der Waals surface area contributed by atoms with Gasteiger partial charge in [-0.1, -0.05) is 12.1 Å². The number of rotatable bonds is 3. The Morgan fingerprint density at radius 2 is 2.00 bits per heavy atom. The van der Waals surface area contributed by atoms with Gasteiger partial charge in [0.15, 0.2) is 5.69 Å². The largest absolute Gasteiger partial charge is 0.435 e. The quantitative estimate of drug-likeness (QED) is 0.670. The summed E-state index contributed by atoms with van der Waals surface area (Å²) in [5, 5.41) is 16.1. The number of fused-ring (bicyclic) bond motifs is 1. The van der Waals surface area contributed by atoms with E-state index in [0.29, 0.717) is 12.1 Å². The molecule has 0 fully saturated rings. The number of alkyl halides is 3. The number of hydrogen-bond acceptors (Lipinski definition) is 5. The summed E-state index contributed by atoms with van der Waals surface area (Å²) in [6, 6.07) is 6.79. The molecule has 1 aliphatic rings. The summed E-state index contributed by atoms with van der Waals surface area (Å²) in [6.45, 7) is 0.563. The molecule has 0 saturated heterocycles. The smallest absolute Gasteiger partial charge is 0.332 e. The molecule has 0 radical (unpaired) electrons. The number of aryl methyl sites for hydroxylation is 1. The van der Waals surface area contributed by atoms with E-state index < -0.39 is 11.9 Å². The molecule has 1 aromatic carbocycles. The molecule has 0 bridgehead atoms. The molecule has 1 aliphatic heterocycles. The number of carbonyl (C=O) groups excluding carboxylic acids is 1. The Hall–Kier alpha value is -3.68. The lowest BCUT2D eigenvalue weighted by atomic mass is 10.0. The third-order valence-corrected chi connectivity index (χ3v) is 4.62. The second-order valence-electron chi connectivity index (χ2n) is 6.67. The second kappa shape index (κ2) is 6.73. The van der Waals surface area contributed by atoms with Gasteiger partial charge in [0.1, 0.15) is 18.9 Å². The van der Waals surface area contributed by atoms with Crippen molar-refractivity contribution in [1.29, 1.82) is 5.26 Å². The predicted molar refractivity (Wildman–Crippen MR) is 92.6 cm³/mol. The first-order valence-corrected chi connectivity index (χ1v) is 8.55. The third kappa shape index (κ3) is 3.56. The predicted octanol–water partition coefficient (Wildman–Crippen LogP) is 2.11. The first-order valence-electron chi connectivity index (χ1n) is 8.55. The molecule has 3 aromatic rings. The molecule has 148 valence electrons. The maximum Gasteiger partial charge on any atom is 0.435 e. The van der Waals surface area contributed by atoms with Crippen LogP contribution in [0.5, 0.6) is 0 Å². The summed E-state index contributed by atoms with van der Waals surface area (Å²) in [5.41, 5.74) is 1.11. The molecule has 0 atom stereocenters. The Morgan fingerprint density at radius 3 is 2.69 bits per heavy atom. The van der Waals surface area contributed by atoms with Crippen LogP contribution in [0.25, 0.3) is 11.1 Å². The van der Waals surface area contributed by atoms with Gasteiger partial charge < -0.3 is 4.90 Å². The van der Waals surface area contributed by atoms with Crippen LogP contribution in [0.1, 0.15) is 22.6 Å². The van der Waals surface area contributed by atoms with Gasteiger partial charge in [-0.15, -0.1) is 5.10 Å². The number of amides is 1. The molecule has 0 aliphatic carbocycles. The molecular formula is C18H14F3N7O. The first-order chi connectivity index (χ1) is 13.7. The molecule has 0 saturated carbocycles. The Labute approximate surface area is 162 Å². The normalized spacial score (nSPS) is 13.4. The maximum atomic E-state index is 13.3. The van der Waals surface area contributed by atoms with Crippen LogP contribution in [0, 0.1) is 11.3 Å². The highest BCUT2D eigenvalue weighted by Gasteiger charge is 2.37. The van der Waals surface area contributed by atoms with Crippen molar-refractivity contribution in [2.75, 3.05) is 0 Å². The minimum Gasteiger partial charge on any atom is -0.332 e. The summed E-state index contributed by atoms with van der Waals surface area (Å²) in [5.74, 6) is -0.251. The van der Waals surface area contributed by atoms with Crippen LogP contribution >= 0.6 is 0 Å². The van der Waals surface area contributed by atoms with E-state index in [4.69, 9.17) is 5.26 Å². The zero-order valence-electron chi connectivity index (χ0n) is 15.2. The number of aromatic nitrogens is 5. The lowest BCUT2D eigenvalue weighted by Crippen LogP contribution is -2.29.